The van der Waals surface area contributed by atoms with Gasteiger partial charge in [-0.1, -0.05) is 12.8 Å². The van der Waals surface area contributed by atoms with Gasteiger partial charge in [0.1, 0.15) is 16.4 Å². The molecule has 0 aromatic carbocycles. The number of aromatic nitrogens is 2. The van der Waals surface area contributed by atoms with Crippen LogP contribution in [0.15, 0.2) is 9.27 Å². The first-order chi connectivity index (χ1) is 8.13. The van der Waals surface area contributed by atoms with Crippen LogP contribution in [0.2, 0.25) is 0 Å². The monoisotopic (exact) mass is 300 g/mol. The number of methoxy groups -OCH3 is 1. The summed E-state index contributed by atoms with van der Waals surface area (Å²) in [5.41, 5.74) is 0.783. The molecule has 4 nitrogen and oxygen atoms in total. The summed E-state index contributed by atoms with van der Waals surface area (Å²) in [5, 5.41) is 0. The summed E-state index contributed by atoms with van der Waals surface area (Å²) in [5.74, 6) is 1.03. The first kappa shape index (κ1) is 12.8. The predicted molar refractivity (Wildman–Crippen MR) is 69.2 cm³/mol. The summed E-state index contributed by atoms with van der Waals surface area (Å²) in [6.45, 7) is 1.88. The molecule has 1 aromatic heterocycles. The minimum Gasteiger partial charge on any atom is -0.374 e. The molecule has 0 bridgehead atoms. The van der Waals surface area contributed by atoms with Crippen molar-refractivity contribution in [3.63, 3.8) is 0 Å². The number of rotatable bonds is 3. The lowest BCUT2D eigenvalue weighted by molar-refractivity contribution is 0.111. The second kappa shape index (κ2) is 5.31. The molecule has 1 unspecified atom stereocenters. The van der Waals surface area contributed by atoms with Gasteiger partial charge in [0.25, 0.3) is 5.56 Å². The Morgan fingerprint density at radius 3 is 2.71 bits per heavy atom. The van der Waals surface area contributed by atoms with Crippen molar-refractivity contribution in [2.45, 2.75) is 44.6 Å². The molecule has 1 saturated carbocycles. The molecule has 94 valence electrons. The Balaban J connectivity index is 2.42. The third kappa shape index (κ3) is 2.60. The molecule has 2 rings (SSSR count). The smallest absolute Gasteiger partial charge is 0.265 e. The standard InChI is InChI=1S/C12H17BrN2O2/c1-7(17-2)11-14-10(8-5-3-4-6-8)9(13)12(16)15-11/h7-8H,3-6H2,1-2H3,(H,14,15,16). The van der Waals surface area contributed by atoms with E-state index in [9.17, 15) is 4.79 Å². The quantitative estimate of drug-likeness (QED) is 0.934. The van der Waals surface area contributed by atoms with Crippen molar-refractivity contribution in [3.05, 3.63) is 26.3 Å². The number of H-pyrrole nitrogens is 1. The number of nitrogens with one attached hydrogen (secondary N) is 1. The van der Waals surface area contributed by atoms with E-state index in [0.29, 0.717) is 16.2 Å². The number of hydrogen-bond acceptors (Lipinski definition) is 3. The maximum absolute atomic E-state index is 11.8. The van der Waals surface area contributed by atoms with Crippen molar-refractivity contribution >= 4 is 15.9 Å². The van der Waals surface area contributed by atoms with Crippen LogP contribution in [-0.4, -0.2) is 17.1 Å². The molecule has 0 saturated heterocycles. The van der Waals surface area contributed by atoms with E-state index in [-0.39, 0.29) is 11.7 Å². The third-order valence-electron chi connectivity index (χ3n) is 3.39. The Labute approximate surface area is 109 Å². The van der Waals surface area contributed by atoms with Gasteiger partial charge < -0.3 is 9.72 Å². The maximum atomic E-state index is 11.8. The van der Waals surface area contributed by atoms with Gasteiger partial charge in [-0.05, 0) is 35.7 Å². The molecule has 0 spiro atoms. The molecule has 1 aromatic rings. The van der Waals surface area contributed by atoms with Crippen LogP contribution in [0.4, 0.5) is 0 Å². The topological polar surface area (TPSA) is 55.0 Å². The Bertz CT molecular complexity index is 452. The second-order valence-corrected chi connectivity index (χ2v) is 5.30. The zero-order valence-electron chi connectivity index (χ0n) is 10.1. The average molecular weight is 301 g/mol. The normalized spacial score (nSPS) is 18.5. The fourth-order valence-electron chi connectivity index (χ4n) is 2.27. The molecule has 17 heavy (non-hydrogen) atoms. The molecule has 0 amide bonds. The Morgan fingerprint density at radius 2 is 2.12 bits per heavy atom. The zero-order valence-corrected chi connectivity index (χ0v) is 11.7. The van der Waals surface area contributed by atoms with Gasteiger partial charge in [0.15, 0.2) is 0 Å². The highest BCUT2D eigenvalue weighted by Crippen LogP contribution is 2.35. The minimum absolute atomic E-state index is 0.110. The SMILES string of the molecule is COC(C)c1nc(C2CCCC2)c(Br)c(=O)[nH]1. The third-order valence-corrected chi connectivity index (χ3v) is 4.15. The van der Waals surface area contributed by atoms with E-state index in [2.05, 4.69) is 25.9 Å². The summed E-state index contributed by atoms with van der Waals surface area (Å²) in [4.78, 5) is 19.1. The van der Waals surface area contributed by atoms with E-state index < -0.39 is 0 Å². The van der Waals surface area contributed by atoms with Crippen LogP contribution in [0.1, 0.15) is 56.1 Å². The van der Waals surface area contributed by atoms with Crippen LogP contribution in [0.25, 0.3) is 0 Å². The van der Waals surface area contributed by atoms with Crippen molar-refractivity contribution in [1.82, 2.24) is 9.97 Å². The van der Waals surface area contributed by atoms with Crippen LogP contribution < -0.4 is 5.56 Å². The lowest BCUT2D eigenvalue weighted by atomic mass is 10.0. The lowest BCUT2D eigenvalue weighted by Gasteiger charge is -2.14. The van der Waals surface area contributed by atoms with Crippen LogP contribution in [0.5, 0.6) is 0 Å². The molecule has 1 aliphatic rings. The van der Waals surface area contributed by atoms with Gasteiger partial charge in [0, 0.05) is 13.0 Å². The van der Waals surface area contributed by atoms with Gasteiger partial charge >= 0.3 is 0 Å². The van der Waals surface area contributed by atoms with Crippen LogP contribution in [0, 0.1) is 0 Å². The lowest BCUT2D eigenvalue weighted by Crippen LogP contribution is -2.19. The van der Waals surface area contributed by atoms with E-state index in [4.69, 9.17) is 4.74 Å². The average Bonchev–Trinajstić information content (AvgIpc) is 2.85. The summed E-state index contributed by atoms with van der Waals surface area (Å²) in [6.07, 6.45) is 4.50. The summed E-state index contributed by atoms with van der Waals surface area (Å²) in [7, 11) is 1.61. The molecule has 5 heteroatoms. The van der Waals surface area contributed by atoms with E-state index in [1.165, 1.54) is 12.8 Å². The Hall–Kier alpha value is -0.680. The van der Waals surface area contributed by atoms with Crippen LogP contribution >= 0.6 is 15.9 Å². The maximum Gasteiger partial charge on any atom is 0.265 e. The van der Waals surface area contributed by atoms with Gasteiger partial charge in [-0.15, -0.1) is 0 Å². The minimum atomic E-state index is -0.184. The van der Waals surface area contributed by atoms with Gasteiger partial charge in [-0.3, -0.25) is 4.79 Å². The van der Waals surface area contributed by atoms with E-state index in [1.807, 2.05) is 6.92 Å². The number of nitrogens with zero attached hydrogens (tertiary/aromatic N) is 1. The van der Waals surface area contributed by atoms with Crippen molar-refractivity contribution in [2.75, 3.05) is 7.11 Å². The number of hydrogen-bond donors (Lipinski definition) is 1. The van der Waals surface area contributed by atoms with Gasteiger partial charge in [0.2, 0.25) is 0 Å². The summed E-state index contributed by atoms with van der Waals surface area (Å²) in [6, 6.07) is 0. The Morgan fingerprint density at radius 1 is 1.47 bits per heavy atom. The van der Waals surface area contributed by atoms with E-state index in [0.717, 1.165) is 18.5 Å². The van der Waals surface area contributed by atoms with Crippen molar-refractivity contribution in [1.29, 1.82) is 0 Å². The predicted octanol–water partition coefficient (Wildman–Crippen LogP) is 2.90. The van der Waals surface area contributed by atoms with Crippen LogP contribution in [-0.2, 0) is 4.74 Å². The van der Waals surface area contributed by atoms with Gasteiger partial charge in [-0.2, -0.15) is 0 Å². The molecular weight excluding hydrogens is 284 g/mol. The largest absolute Gasteiger partial charge is 0.374 e. The first-order valence-electron chi connectivity index (χ1n) is 5.96. The van der Waals surface area contributed by atoms with Crippen molar-refractivity contribution in [2.24, 2.45) is 0 Å². The molecular formula is C12H17BrN2O2. The molecule has 1 atom stereocenters. The van der Waals surface area contributed by atoms with E-state index >= 15 is 0 Å². The number of aromatic amines is 1. The van der Waals surface area contributed by atoms with Crippen LogP contribution in [0.3, 0.4) is 0 Å². The molecule has 1 N–H and O–H groups in total. The Kier molecular flexibility index (Phi) is 3.99. The highest BCUT2D eigenvalue weighted by Gasteiger charge is 2.23. The first-order valence-corrected chi connectivity index (χ1v) is 6.75. The molecule has 1 heterocycles. The molecule has 1 aliphatic carbocycles. The molecule has 1 fully saturated rings. The van der Waals surface area contributed by atoms with Gasteiger partial charge in [0.05, 0.1) is 5.69 Å². The zero-order chi connectivity index (χ0) is 12.4. The highest BCUT2D eigenvalue weighted by atomic mass is 79.9. The fraction of sp³-hybridized carbons (Fsp3) is 0.667. The summed E-state index contributed by atoms with van der Waals surface area (Å²) < 4.78 is 5.78. The molecule has 0 aliphatic heterocycles. The number of ether oxygens (including phenoxy) is 1. The summed E-state index contributed by atoms with van der Waals surface area (Å²) >= 11 is 3.35. The fourth-order valence-corrected chi connectivity index (χ4v) is 2.78. The van der Waals surface area contributed by atoms with Crippen molar-refractivity contribution in [3.8, 4) is 0 Å². The van der Waals surface area contributed by atoms with E-state index in [1.54, 1.807) is 7.11 Å². The highest BCUT2D eigenvalue weighted by molar-refractivity contribution is 9.10. The van der Waals surface area contributed by atoms with Crippen molar-refractivity contribution < 1.29 is 4.74 Å². The van der Waals surface area contributed by atoms with Gasteiger partial charge in [-0.25, -0.2) is 4.98 Å². The molecule has 0 radical (unpaired) electrons. The second-order valence-electron chi connectivity index (χ2n) is 4.51. The number of halogens is 1.